The summed E-state index contributed by atoms with van der Waals surface area (Å²) in [6.07, 6.45) is 3.49. The lowest BCUT2D eigenvalue weighted by Gasteiger charge is -2.10. The monoisotopic (exact) mass is 390 g/mol. The Kier molecular flexibility index (Phi) is 5.12. The van der Waals surface area contributed by atoms with E-state index in [0.717, 1.165) is 18.4 Å². The Morgan fingerprint density at radius 3 is 2.59 bits per heavy atom. The van der Waals surface area contributed by atoms with Crippen molar-refractivity contribution < 1.29 is 9.59 Å². The lowest BCUT2D eigenvalue weighted by molar-refractivity contribution is -0.117. The van der Waals surface area contributed by atoms with Crippen LogP contribution in [0.5, 0.6) is 0 Å². The lowest BCUT2D eigenvalue weighted by atomic mass is 10.1. The second kappa shape index (κ2) is 7.87. The van der Waals surface area contributed by atoms with Crippen molar-refractivity contribution in [3.05, 3.63) is 64.7 Å². The number of fused-ring (bicyclic) bond motifs is 1. The number of nitrogens with one attached hydrogen (secondary N) is 2. The first-order chi connectivity index (χ1) is 14.0. The number of carbonyl (C=O) groups excluding carboxylic acids is 2. The first-order valence-corrected chi connectivity index (χ1v) is 9.67. The molecule has 0 radical (unpaired) electrons. The van der Waals surface area contributed by atoms with Crippen LogP contribution in [0.3, 0.4) is 0 Å². The minimum absolute atomic E-state index is 0.0203. The van der Waals surface area contributed by atoms with Gasteiger partial charge in [-0.05, 0) is 49.6 Å². The van der Waals surface area contributed by atoms with Gasteiger partial charge in [-0.25, -0.2) is 4.98 Å². The number of benzene rings is 2. The van der Waals surface area contributed by atoms with Crippen molar-refractivity contribution in [1.82, 2.24) is 9.55 Å². The predicted octanol–water partition coefficient (Wildman–Crippen LogP) is 3.08. The molecule has 2 aromatic carbocycles. The van der Waals surface area contributed by atoms with E-state index < -0.39 is 0 Å². The number of aryl methyl sites for hydroxylation is 2. The van der Waals surface area contributed by atoms with E-state index in [1.165, 1.54) is 10.9 Å². The Bertz CT molecular complexity index is 1150. The first kappa shape index (κ1) is 18.9. The van der Waals surface area contributed by atoms with Crippen molar-refractivity contribution in [2.75, 3.05) is 10.6 Å². The van der Waals surface area contributed by atoms with Gasteiger partial charge in [0.15, 0.2) is 0 Å². The Hall–Kier alpha value is -3.48. The summed E-state index contributed by atoms with van der Waals surface area (Å²) >= 11 is 0. The number of rotatable bonds is 6. The topological polar surface area (TPSA) is 93.1 Å². The maximum absolute atomic E-state index is 12.6. The van der Waals surface area contributed by atoms with Crippen LogP contribution in [0, 0.1) is 12.8 Å². The number of nitrogens with zero attached hydrogens (tertiary/aromatic N) is 2. The number of anilines is 2. The van der Waals surface area contributed by atoms with Crippen LogP contribution in [0.15, 0.2) is 53.6 Å². The van der Waals surface area contributed by atoms with Gasteiger partial charge in [0.2, 0.25) is 11.8 Å². The molecule has 7 nitrogen and oxygen atoms in total. The highest BCUT2D eigenvalue weighted by Crippen LogP contribution is 2.30. The van der Waals surface area contributed by atoms with Crippen LogP contribution >= 0.6 is 0 Å². The van der Waals surface area contributed by atoms with Crippen molar-refractivity contribution in [2.24, 2.45) is 5.92 Å². The van der Waals surface area contributed by atoms with Gasteiger partial charge in [0.05, 0.1) is 17.2 Å². The van der Waals surface area contributed by atoms with Gasteiger partial charge in [0.25, 0.3) is 5.56 Å². The summed E-state index contributed by atoms with van der Waals surface area (Å²) in [6, 6.07) is 12.5. The molecule has 2 N–H and O–H groups in total. The van der Waals surface area contributed by atoms with Crippen LogP contribution in [0.2, 0.25) is 0 Å². The molecule has 0 bridgehead atoms. The molecule has 0 spiro atoms. The molecular weight excluding hydrogens is 368 g/mol. The van der Waals surface area contributed by atoms with Crippen molar-refractivity contribution in [3.63, 3.8) is 0 Å². The van der Waals surface area contributed by atoms with E-state index in [4.69, 9.17) is 0 Å². The standard InChI is InChI=1S/C22H22N4O3/c1-14-4-2-7-18-20(14)23-13-26(22(18)29)11-10-19(27)24-16-5-3-6-17(12-16)25-21(28)15-8-9-15/h2-7,12-13,15H,8-11H2,1H3,(H,24,27)(H,25,28). The fourth-order valence-electron chi connectivity index (χ4n) is 3.21. The quantitative estimate of drug-likeness (QED) is 0.676. The molecule has 1 heterocycles. The van der Waals surface area contributed by atoms with E-state index in [2.05, 4.69) is 15.6 Å². The van der Waals surface area contributed by atoms with Gasteiger partial charge in [-0.1, -0.05) is 18.2 Å². The molecule has 7 heteroatoms. The smallest absolute Gasteiger partial charge is 0.261 e. The van der Waals surface area contributed by atoms with Crippen molar-refractivity contribution in [1.29, 1.82) is 0 Å². The van der Waals surface area contributed by atoms with Gasteiger partial charge in [-0.2, -0.15) is 0 Å². The fraction of sp³-hybridized carbons (Fsp3) is 0.273. The highest BCUT2D eigenvalue weighted by molar-refractivity contribution is 5.96. The molecule has 0 saturated heterocycles. The molecular formula is C22H22N4O3. The summed E-state index contributed by atoms with van der Waals surface area (Å²) in [7, 11) is 0. The summed E-state index contributed by atoms with van der Waals surface area (Å²) in [6.45, 7) is 2.15. The largest absolute Gasteiger partial charge is 0.326 e. The molecule has 1 fully saturated rings. The highest BCUT2D eigenvalue weighted by Gasteiger charge is 2.29. The van der Waals surface area contributed by atoms with Gasteiger partial charge >= 0.3 is 0 Å². The summed E-state index contributed by atoms with van der Waals surface area (Å²) in [5.74, 6) is -0.0790. The van der Waals surface area contributed by atoms with E-state index in [9.17, 15) is 14.4 Å². The van der Waals surface area contributed by atoms with Crippen LogP contribution < -0.4 is 16.2 Å². The van der Waals surface area contributed by atoms with E-state index in [0.29, 0.717) is 22.3 Å². The maximum atomic E-state index is 12.6. The molecule has 1 saturated carbocycles. The number of para-hydroxylation sites is 1. The maximum Gasteiger partial charge on any atom is 0.261 e. The zero-order chi connectivity index (χ0) is 20.4. The third kappa shape index (κ3) is 4.34. The molecule has 148 valence electrons. The second-order valence-corrected chi connectivity index (χ2v) is 7.36. The number of carbonyl (C=O) groups is 2. The van der Waals surface area contributed by atoms with E-state index in [1.54, 1.807) is 30.3 Å². The highest BCUT2D eigenvalue weighted by atomic mass is 16.2. The Labute approximate surface area is 167 Å². The number of hydrogen-bond acceptors (Lipinski definition) is 4. The van der Waals surface area contributed by atoms with E-state index >= 15 is 0 Å². The Balaban J connectivity index is 1.39. The van der Waals surface area contributed by atoms with Gasteiger partial charge < -0.3 is 10.6 Å². The minimum Gasteiger partial charge on any atom is -0.326 e. The van der Waals surface area contributed by atoms with Crippen LogP contribution in [0.1, 0.15) is 24.8 Å². The molecule has 0 unspecified atom stereocenters. The molecule has 1 aromatic heterocycles. The summed E-state index contributed by atoms with van der Waals surface area (Å²) in [4.78, 5) is 41.2. The molecule has 1 aliphatic carbocycles. The van der Waals surface area contributed by atoms with Gasteiger partial charge in [0.1, 0.15) is 0 Å². The molecule has 4 rings (SSSR count). The molecule has 1 aliphatic rings. The number of amides is 2. The van der Waals surface area contributed by atoms with Crippen LogP contribution in [-0.2, 0) is 16.1 Å². The second-order valence-electron chi connectivity index (χ2n) is 7.36. The average Bonchev–Trinajstić information content (AvgIpc) is 3.54. The van der Waals surface area contributed by atoms with Gasteiger partial charge in [-0.15, -0.1) is 0 Å². The summed E-state index contributed by atoms with van der Waals surface area (Å²) in [5.41, 5.74) is 2.73. The Morgan fingerprint density at radius 1 is 1.10 bits per heavy atom. The van der Waals surface area contributed by atoms with Crippen molar-refractivity contribution >= 4 is 34.1 Å². The van der Waals surface area contributed by atoms with Crippen LogP contribution in [-0.4, -0.2) is 21.4 Å². The normalized spacial score (nSPS) is 13.3. The Morgan fingerprint density at radius 2 is 1.83 bits per heavy atom. The lowest BCUT2D eigenvalue weighted by Crippen LogP contribution is -2.24. The third-order valence-electron chi connectivity index (χ3n) is 5.00. The van der Waals surface area contributed by atoms with Crippen LogP contribution in [0.4, 0.5) is 11.4 Å². The fourth-order valence-corrected chi connectivity index (χ4v) is 3.21. The van der Waals surface area contributed by atoms with Crippen molar-refractivity contribution in [3.8, 4) is 0 Å². The van der Waals surface area contributed by atoms with Gasteiger partial charge in [-0.3, -0.25) is 19.0 Å². The summed E-state index contributed by atoms with van der Waals surface area (Å²) < 4.78 is 1.45. The molecule has 29 heavy (non-hydrogen) atoms. The zero-order valence-electron chi connectivity index (χ0n) is 16.1. The van der Waals surface area contributed by atoms with E-state index in [-0.39, 0.29) is 36.3 Å². The molecule has 0 aliphatic heterocycles. The number of hydrogen-bond donors (Lipinski definition) is 2. The average molecular weight is 390 g/mol. The van der Waals surface area contributed by atoms with E-state index in [1.807, 2.05) is 19.1 Å². The zero-order valence-corrected chi connectivity index (χ0v) is 16.1. The van der Waals surface area contributed by atoms with Gasteiger partial charge in [0, 0.05) is 30.3 Å². The van der Waals surface area contributed by atoms with Crippen molar-refractivity contribution in [2.45, 2.75) is 32.7 Å². The molecule has 2 amide bonds. The minimum atomic E-state index is -0.216. The number of aromatic nitrogens is 2. The predicted molar refractivity (Wildman–Crippen MR) is 112 cm³/mol. The summed E-state index contributed by atoms with van der Waals surface area (Å²) in [5, 5.41) is 6.22. The first-order valence-electron chi connectivity index (χ1n) is 9.67. The molecule has 3 aromatic rings. The molecule has 0 atom stereocenters. The third-order valence-corrected chi connectivity index (χ3v) is 5.00. The SMILES string of the molecule is Cc1cccc2c(=O)n(CCC(=O)Nc3cccc(NC(=O)C4CC4)c3)cnc12. The van der Waals surface area contributed by atoms with Crippen LogP contribution in [0.25, 0.3) is 10.9 Å².